The Morgan fingerprint density at radius 2 is 0.931 bits per heavy atom. The fourth-order valence-corrected chi connectivity index (χ4v) is 19.5. The highest BCUT2D eigenvalue weighted by molar-refractivity contribution is 5.92. The van der Waals surface area contributed by atoms with Gasteiger partial charge in [-0.15, -0.1) is 0 Å². The minimum absolute atomic E-state index is 0.294. The van der Waals surface area contributed by atoms with E-state index < -0.39 is 5.41 Å². The Hall–Kier alpha value is -6.65. The van der Waals surface area contributed by atoms with Crippen LogP contribution < -0.4 is 4.74 Å². The Balaban J connectivity index is 0.814. The maximum absolute atomic E-state index is 7.22. The topological polar surface area (TPSA) is 47.9 Å². The number of hydrogen-bond acceptors (Lipinski definition) is 4. The van der Waals surface area contributed by atoms with Crippen molar-refractivity contribution in [3.63, 3.8) is 0 Å². The summed E-state index contributed by atoms with van der Waals surface area (Å²) in [7, 11) is 0. The van der Waals surface area contributed by atoms with Crippen LogP contribution in [0.2, 0.25) is 0 Å². The molecule has 1 aromatic heterocycles. The zero-order valence-corrected chi connectivity index (χ0v) is 41.2. The molecule has 6 unspecified atom stereocenters. The Labute approximate surface area is 423 Å². The number of para-hydroxylation sites is 2. The number of fused-ring (bicyclic) bond motifs is 11. The molecule has 8 fully saturated rings. The largest absolute Gasteiger partial charge is 0.456 e. The average molecular weight is 934 g/mol. The molecule has 0 saturated heterocycles. The van der Waals surface area contributed by atoms with Crippen LogP contribution in [-0.4, -0.2) is 15.0 Å². The van der Waals surface area contributed by atoms with Gasteiger partial charge in [0.05, 0.1) is 5.41 Å². The molecule has 352 valence electrons. The summed E-state index contributed by atoms with van der Waals surface area (Å²) in [4.78, 5) is 16.4. The zero-order valence-electron chi connectivity index (χ0n) is 41.2. The van der Waals surface area contributed by atoms with Crippen LogP contribution >= 0.6 is 0 Å². The predicted octanol–water partition coefficient (Wildman–Crippen LogP) is 16.3. The molecule has 4 nitrogen and oxygen atoms in total. The predicted molar refractivity (Wildman–Crippen MR) is 286 cm³/mol. The van der Waals surface area contributed by atoms with Crippen LogP contribution in [-0.2, 0) is 16.2 Å². The van der Waals surface area contributed by atoms with Gasteiger partial charge < -0.3 is 4.74 Å². The third kappa shape index (κ3) is 5.36. The average Bonchev–Trinajstić information content (AvgIpc) is 3.89. The molecule has 7 aromatic carbocycles. The molecule has 4 heteroatoms. The number of aromatic nitrogens is 3. The van der Waals surface area contributed by atoms with Gasteiger partial charge in [0.25, 0.3) is 0 Å². The van der Waals surface area contributed by atoms with Gasteiger partial charge >= 0.3 is 0 Å². The zero-order chi connectivity index (χ0) is 47.2. The van der Waals surface area contributed by atoms with E-state index in [0.717, 1.165) is 86.1 Å². The van der Waals surface area contributed by atoms with Gasteiger partial charge in [0.2, 0.25) is 0 Å². The van der Waals surface area contributed by atoms with Crippen molar-refractivity contribution >= 4 is 0 Å². The van der Waals surface area contributed by atoms with Gasteiger partial charge in [-0.05, 0) is 173 Å². The van der Waals surface area contributed by atoms with Gasteiger partial charge in [-0.2, -0.15) is 0 Å². The first kappa shape index (κ1) is 40.9. The van der Waals surface area contributed by atoms with Crippen molar-refractivity contribution in [3.8, 4) is 67.9 Å². The van der Waals surface area contributed by atoms with E-state index in [4.69, 9.17) is 19.7 Å². The minimum atomic E-state index is -0.557. The monoisotopic (exact) mass is 933 g/mol. The molecule has 2 heterocycles. The van der Waals surface area contributed by atoms with Crippen LogP contribution in [0.1, 0.15) is 117 Å². The van der Waals surface area contributed by atoms with Crippen molar-refractivity contribution in [2.45, 2.75) is 100 Å². The van der Waals surface area contributed by atoms with Gasteiger partial charge in [0.15, 0.2) is 17.5 Å². The van der Waals surface area contributed by atoms with E-state index in [1.54, 1.807) is 5.56 Å². The number of ether oxygens (including phenoxy) is 1. The molecule has 9 atom stereocenters. The highest BCUT2D eigenvalue weighted by atomic mass is 16.5. The summed E-state index contributed by atoms with van der Waals surface area (Å²) in [6, 6.07) is 61.1. The van der Waals surface area contributed by atoms with Crippen molar-refractivity contribution < 1.29 is 4.74 Å². The molecule has 7 bridgehead atoms. The fraction of sp³-hybridized carbons (Fsp3) is 0.338. The third-order valence-electron chi connectivity index (χ3n) is 21.3. The van der Waals surface area contributed by atoms with Gasteiger partial charge in [0.1, 0.15) is 11.5 Å². The Kier molecular flexibility index (Phi) is 8.01. The highest BCUT2D eigenvalue weighted by Crippen LogP contribution is 2.79. The molecule has 0 amide bonds. The van der Waals surface area contributed by atoms with E-state index in [1.165, 1.54) is 110 Å². The standard InChI is InChI=1S/C68H59N3O/c1-64-32-41-29-42(33-64)35-65(34-41,39-64)46-25-21-44(22-26-46)61-69-62(45-23-27-47(28-24-45)66-36-43-30-48-31-49(38-66)67(48,37-43)40-66)71-63(70-61)54-14-3-2-11-50(54)53-15-10-19-58-60(53)72-59-20-9-8-18-57(59)68(58)55-16-6-4-12-51(55)52-13-5-7-17-56(52)68/h2-28,41-43,48-49H,29-40H2,1H3/t41-,42?,43+,48?,49-,64?,65?,66?,67?/m1/s1. The molecule has 0 N–H and O–H groups in total. The number of hydrogen-bond donors (Lipinski definition) is 0. The van der Waals surface area contributed by atoms with Crippen LogP contribution in [0.5, 0.6) is 11.5 Å². The van der Waals surface area contributed by atoms with Gasteiger partial charge in [-0.3, -0.25) is 0 Å². The molecule has 1 aliphatic heterocycles. The van der Waals surface area contributed by atoms with E-state index in [1.807, 2.05) is 0 Å². The second-order valence-corrected chi connectivity index (χ2v) is 25.2. The quantitative estimate of drug-likeness (QED) is 0.167. The van der Waals surface area contributed by atoms with Crippen LogP contribution in [0, 0.1) is 40.4 Å². The molecule has 9 aliphatic carbocycles. The van der Waals surface area contributed by atoms with E-state index in [0.29, 0.717) is 27.5 Å². The molecule has 0 radical (unpaired) electrons. The summed E-state index contributed by atoms with van der Waals surface area (Å²) in [5.74, 6) is 8.45. The van der Waals surface area contributed by atoms with Gasteiger partial charge in [-0.25, -0.2) is 15.0 Å². The lowest BCUT2D eigenvalue weighted by Gasteiger charge is -2.61. The van der Waals surface area contributed by atoms with E-state index >= 15 is 0 Å². The first-order valence-electron chi connectivity index (χ1n) is 27.5. The van der Waals surface area contributed by atoms with E-state index in [9.17, 15) is 0 Å². The first-order valence-corrected chi connectivity index (χ1v) is 27.5. The summed E-state index contributed by atoms with van der Waals surface area (Å²) in [6.45, 7) is 2.58. The molecule has 72 heavy (non-hydrogen) atoms. The Bertz CT molecular complexity index is 3480. The molecule has 18 rings (SSSR count). The normalized spacial score (nSPS) is 31.6. The molecule has 8 aromatic rings. The third-order valence-corrected chi connectivity index (χ3v) is 21.3. The summed E-state index contributed by atoms with van der Waals surface area (Å²) in [5.41, 5.74) is 16.8. The first-order chi connectivity index (χ1) is 35.3. The van der Waals surface area contributed by atoms with Crippen LogP contribution in [0.4, 0.5) is 0 Å². The minimum Gasteiger partial charge on any atom is -0.456 e. The fourth-order valence-electron chi connectivity index (χ4n) is 19.5. The number of rotatable bonds is 6. The number of benzene rings is 7. The maximum atomic E-state index is 7.22. The van der Waals surface area contributed by atoms with E-state index in [-0.39, 0.29) is 0 Å². The lowest BCUT2D eigenvalue weighted by atomic mass is 9.43. The Morgan fingerprint density at radius 1 is 0.403 bits per heavy atom. The lowest BCUT2D eigenvalue weighted by molar-refractivity contribution is -0.0615. The molecule has 8 saturated carbocycles. The van der Waals surface area contributed by atoms with Crippen LogP contribution in [0.3, 0.4) is 0 Å². The van der Waals surface area contributed by atoms with Crippen molar-refractivity contribution in [1.82, 2.24) is 15.0 Å². The second-order valence-electron chi connectivity index (χ2n) is 25.2. The van der Waals surface area contributed by atoms with E-state index in [2.05, 4.69) is 171 Å². The lowest BCUT2D eigenvalue weighted by Crippen LogP contribution is -2.52. The summed E-state index contributed by atoms with van der Waals surface area (Å²) < 4.78 is 7.22. The summed E-state index contributed by atoms with van der Waals surface area (Å²) in [5, 5.41) is 0. The molecule has 2 spiro atoms. The highest BCUT2D eigenvalue weighted by Gasteiger charge is 2.71. The second kappa shape index (κ2) is 14.1. The molecule has 10 aliphatic rings. The van der Waals surface area contributed by atoms with Crippen molar-refractivity contribution in [3.05, 3.63) is 197 Å². The van der Waals surface area contributed by atoms with Gasteiger partial charge in [0, 0.05) is 33.4 Å². The SMILES string of the molecule is CC12CC3C[C@H](C1)CC(c1ccc(-c4nc(-c5ccc(C67C[C@@H]8CC9C[C@H](C6)C9(C8)C7)cc5)nc(-c5ccccc5-c5cccc6c5Oc5ccccc5C65c6ccccc6-c6ccccc65)n4)cc1)(C3)C2. The van der Waals surface area contributed by atoms with Gasteiger partial charge in [-0.1, -0.05) is 165 Å². The number of nitrogens with zero attached hydrogens (tertiary/aromatic N) is 3. The van der Waals surface area contributed by atoms with Crippen molar-refractivity contribution in [2.75, 3.05) is 0 Å². The van der Waals surface area contributed by atoms with Crippen molar-refractivity contribution in [2.24, 2.45) is 40.4 Å². The molecular formula is C68H59N3O. The van der Waals surface area contributed by atoms with Crippen LogP contribution in [0.25, 0.3) is 56.4 Å². The summed E-state index contributed by atoms with van der Waals surface area (Å²) in [6.07, 6.45) is 16.9. The maximum Gasteiger partial charge on any atom is 0.164 e. The summed E-state index contributed by atoms with van der Waals surface area (Å²) >= 11 is 0. The smallest absolute Gasteiger partial charge is 0.164 e. The molecular weight excluding hydrogens is 875 g/mol. The Morgan fingerprint density at radius 3 is 1.58 bits per heavy atom. The van der Waals surface area contributed by atoms with Crippen molar-refractivity contribution in [1.29, 1.82) is 0 Å². The van der Waals surface area contributed by atoms with Crippen LogP contribution in [0.15, 0.2) is 164 Å².